The van der Waals surface area contributed by atoms with Crippen LogP contribution in [0.4, 0.5) is 5.69 Å². The first kappa shape index (κ1) is 17.3. The number of hydrogen-bond acceptors (Lipinski definition) is 2. The molecule has 0 atom stereocenters. The summed E-state index contributed by atoms with van der Waals surface area (Å²) in [6.07, 6.45) is 4.19. The molecule has 0 saturated heterocycles. The summed E-state index contributed by atoms with van der Waals surface area (Å²) in [5.41, 5.74) is 8.75. The zero-order valence-electron chi connectivity index (χ0n) is 15.3. The van der Waals surface area contributed by atoms with Gasteiger partial charge in [-0.3, -0.25) is 0 Å². The lowest BCUT2D eigenvalue weighted by Crippen LogP contribution is -2.13. The molecule has 132 valence electrons. The van der Waals surface area contributed by atoms with Crippen molar-refractivity contribution >= 4 is 28.7 Å². The topological polar surface area (TPSA) is 12.0 Å². The molecule has 0 fully saturated rings. The molecule has 0 bridgehead atoms. The van der Waals surface area contributed by atoms with E-state index in [2.05, 4.69) is 97.5 Å². The lowest BCUT2D eigenvalue weighted by molar-refractivity contribution is 1.31. The van der Waals surface area contributed by atoms with Gasteiger partial charge in [-0.15, -0.1) is 11.3 Å². The Balaban J connectivity index is 1.90. The highest BCUT2D eigenvalue weighted by Crippen LogP contribution is 2.42. The van der Waals surface area contributed by atoms with Crippen LogP contribution in [0.3, 0.4) is 0 Å². The Morgan fingerprint density at radius 3 is 2.59 bits per heavy atom. The minimum atomic E-state index is 0.881. The molecule has 2 heteroatoms. The molecular weight excluding hydrogens is 346 g/mol. The van der Waals surface area contributed by atoms with Gasteiger partial charge in [-0.1, -0.05) is 67.3 Å². The van der Waals surface area contributed by atoms with E-state index in [-0.39, 0.29) is 0 Å². The predicted molar refractivity (Wildman–Crippen MR) is 119 cm³/mol. The van der Waals surface area contributed by atoms with Crippen LogP contribution < -0.4 is 5.32 Å². The average Bonchev–Trinajstić information content (AvgIpc) is 3.20. The fourth-order valence-electron chi connectivity index (χ4n) is 3.40. The molecule has 0 saturated carbocycles. The summed E-state index contributed by atoms with van der Waals surface area (Å²) < 4.78 is 0. The number of anilines is 1. The average molecular weight is 368 g/mol. The van der Waals surface area contributed by atoms with Crippen molar-refractivity contribution in [2.75, 3.05) is 5.32 Å². The highest BCUT2D eigenvalue weighted by Gasteiger charge is 2.23. The van der Waals surface area contributed by atoms with E-state index in [0.29, 0.717) is 0 Å². The van der Waals surface area contributed by atoms with Gasteiger partial charge in [-0.05, 0) is 47.7 Å². The van der Waals surface area contributed by atoms with Gasteiger partial charge in [-0.2, -0.15) is 0 Å². The fraction of sp³-hybridized carbons (Fsp3) is 0.0400. The van der Waals surface area contributed by atoms with Crippen molar-refractivity contribution in [2.45, 2.75) is 6.92 Å². The van der Waals surface area contributed by atoms with Crippen LogP contribution in [-0.2, 0) is 0 Å². The maximum absolute atomic E-state index is 4.36. The first-order valence-electron chi connectivity index (χ1n) is 8.91. The van der Waals surface area contributed by atoms with Gasteiger partial charge in [0.05, 0.1) is 0 Å². The number of rotatable bonds is 4. The molecule has 0 spiro atoms. The highest BCUT2D eigenvalue weighted by atomic mass is 32.1. The molecule has 1 aliphatic heterocycles. The van der Waals surface area contributed by atoms with E-state index >= 15 is 0 Å². The summed E-state index contributed by atoms with van der Waals surface area (Å²) in [7, 11) is 0. The molecule has 1 nitrogen and oxygen atoms in total. The van der Waals surface area contributed by atoms with Crippen LogP contribution in [0.1, 0.15) is 21.6 Å². The maximum atomic E-state index is 4.36. The van der Waals surface area contributed by atoms with Gasteiger partial charge in [0.25, 0.3) is 0 Å². The molecule has 1 N–H and O–H groups in total. The first-order valence-corrected chi connectivity index (χ1v) is 9.79. The Kier molecular flexibility index (Phi) is 4.66. The van der Waals surface area contributed by atoms with Crippen LogP contribution in [0.2, 0.25) is 0 Å². The monoisotopic (exact) mass is 367 g/mol. The smallest absolute Gasteiger partial charge is 0.0464 e. The third-order valence-electron chi connectivity index (χ3n) is 4.66. The SMILES string of the molecule is C=C(/C=C/c1cccs1)C1=C(c2ccccc2)c2cc(C)ccc2NC1=C. The van der Waals surface area contributed by atoms with E-state index < -0.39 is 0 Å². The van der Waals surface area contributed by atoms with Gasteiger partial charge in [0.15, 0.2) is 0 Å². The van der Waals surface area contributed by atoms with Crippen molar-refractivity contribution in [3.63, 3.8) is 0 Å². The largest absolute Gasteiger partial charge is 0.355 e. The minimum absolute atomic E-state index is 0.881. The van der Waals surface area contributed by atoms with Crippen LogP contribution in [0, 0.1) is 6.92 Å². The second kappa shape index (κ2) is 7.26. The molecule has 1 aromatic heterocycles. The molecule has 0 amide bonds. The third kappa shape index (κ3) is 3.44. The minimum Gasteiger partial charge on any atom is -0.355 e. The number of nitrogens with one attached hydrogen (secondary N) is 1. The standard InChI is InChI=1S/C25H21NS/c1-17-11-14-23-22(16-17)25(20-8-5-4-6-9-20)24(19(3)26-23)18(2)12-13-21-10-7-15-27-21/h4-16,26H,2-3H2,1H3/b13-12+. The number of hydrogen-bond donors (Lipinski definition) is 1. The quantitative estimate of drug-likeness (QED) is 0.486. The molecule has 0 radical (unpaired) electrons. The van der Waals surface area contributed by atoms with E-state index in [4.69, 9.17) is 0 Å². The van der Waals surface area contributed by atoms with Crippen LogP contribution in [0.5, 0.6) is 0 Å². The summed E-state index contributed by atoms with van der Waals surface area (Å²) in [4.78, 5) is 1.21. The molecule has 27 heavy (non-hydrogen) atoms. The molecule has 0 aliphatic carbocycles. The fourth-order valence-corrected chi connectivity index (χ4v) is 4.01. The summed E-state index contributed by atoms with van der Waals surface area (Å²) >= 11 is 1.72. The number of allylic oxidation sites excluding steroid dienone is 2. The second-order valence-electron chi connectivity index (χ2n) is 6.64. The summed E-state index contributed by atoms with van der Waals surface area (Å²) in [6, 6.07) is 21.1. The van der Waals surface area contributed by atoms with Crippen molar-refractivity contribution in [1.82, 2.24) is 0 Å². The van der Waals surface area contributed by atoms with Crippen molar-refractivity contribution in [3.8, 4) is 0 Å². The number of aryl methyl sites for hydroxylation is 1. The van der Waals surface area contributed by atoms with Crippen molar-refractivity contribution < 1.29 is 0 Å². The van der Waals surface area contributed by atoms with Crippen LogP contribution in [-0.4, -0.2) is 0 Å². The first-order chi connectivity index (χ1) is 13.1. The molecule has 3 aromatic rings. The van der Waals surface area contributed by atoms with Gasteiger partial charge in [0, 0.05) is 33.0 Å². The molecule has 2 heterocycles. The van der Waals surface area contributed by atoms with Gasteiger partial charge in [0.2, 0.25) is 0 Å². The Bertz CT molecular complexity index is 1070. The van der Waals surface area contributed by atoms with Crippen LogP contribution >= 0.6 is 11.3 Å². The number of thiophene rings is 1. The van der Waals surface area contributed by atoms with Crippen molar-refractivity contribution in [3.05, 3.63) is 124 Å². The van der Waals surface area contributed by atoms with Crippen LogP contribution in [0.25, 0.3) is 11.6 Å². The zero-order valence-corrected chi connectivity index (χ0v) is 16.1. The van der Waals surface area contributed by atoms with E-state index in [1.165, 1.54) is 27.1 Å². The zero-order chi connectivity index (χ0) is 18.8. The van der Waals surface area contributed by atoms with E-state index in [0.717, 1.165) is 22.5 Å². The second-order valence-corrected chi connectivity index (χ2v) is 7.62. The number of fused-ring (bicyclic) bond motifs is 1. The highest BCUT2D eigenvalue weighted by molar-refractivity contribution is 7.10. The molecule has 4 rings (SSSR count). The van der Waals surface area contributed by atoms with E-state index in [9.17, 15) is 0 Å². The number of benzene rings is 2. The van der Waals surface area contributed by atoms with Crippen molar-refractivity contribution in [2.24, 2.45) is 0 Å². The Hall–Kier alpha value is -3.10. The third-order valence-corrected chi connectivity index (χ3v) is 5.49. The van der Waals surface area contributed by atoms with Gasteiger partial charge >= 0.3 is 0 Å². The molecular formula is C25H21NS. The normalized spacial score (nSPS) is 13.6. The van der Waals surface area contributed by atoms with E-state index in [1.54, 1.807) is 11.3 Å². The van der Waals surface area contributed by atoms with Gasteiger partial charge < -0.3 is 5.32 Å². The van der Waals surface area contributed by atoms with Gasteiger partial charge in [-0.25, -0.2) is 0 Å². The van der Waals surface area contributed by atoms with Gasteiger partial charge in [0.1, 0.15) is 0 Å². The maximum Gasteiger partial charge on any atom is 0.0464 e. The lowest BCUT2D eigenvalue weighted by Gasteiger charge is -2.28. The Morgan fingerprint density at radius 1 is 1.04 bits per heavy atom. The van der Waals surface area contributed by atoms with Crippen LogP contribution in [0.15, 0.2) is 102 Å². The lowest BCUT2D eigenvalue weighted by atomic mass is 9.84. The molecule has 0 unspecified atom stereocenters. The van der Waals surface area contributed by atoms with Crippen molar-refractivity contribution in [1.29, 1.82) is 0 Å². The summed E-state index contributed by atoms with van der Waals surface area (Å²) in [5.74, 6) is 0. The Morgan fingerprint density at radius 2 is 1.85 bits per heavy atom. The Labute approximate surface area is 164 Å². The summed E-state index contributed by atoms with van der Waals surface area (Å²) in [5, 5.41) is 5.55. The van der Waals surface area contributed by atoms with E-state index in [1.807, 2.05) is 6.07 Å². The molecule has 1 aliphatic rings. The molecule has 2 aromatic carbocycles. The summed E-state index contributed by atoms with van der Waals surface area (Å²) in [6.45, 7) is 10.8. The predicted octanol–water partition coefficient (Wildman–Crippen LogP) is 7.07.